The molecule has 1 N–H and O–H groups in total. The summed E-state index contributed by atoms with van der Waals surface area (Å²) in [5.74, 6) is 1.38. The van der Waals surface area contributed by atoms with Crippen molar-refractivity contribution < 1.29 is 9.53 Å². The van der Waals surface area contributed by atoms with E-state index >= 15 is 0 Å². The number of pyridine rings is 1. The molecular formula is C17H29N5O2. The van der Waals surface area contributed by atoms with Gasteiger partial charge in [-0.1, -0.05) is 6.07 Å². The highest BCUT2D eigenvalue weighted by molar-refractivity contribution is 5.86. The molecule has 134 valence electrons. The molecule has 1 rings (SSSR count). The molecule has 7 heteroatoms. The minimum absolute atomic E-state index is 0.0965. The quantitative estimate of drug-likeness (QED) is 0.574. The standard InChI is InChI=1S/C17H29N5O2/c1-6-18-17(21(4)13-16(23)22(7-2)8-3)20-12-14-9-10-15(24-5)19-11-14/h9-11H,6-8,12-13H2,1-5H3,(H,18,20). The van der Waals surface area contributed by atoms with Crippen LogP contribution in [0.15, 0.2) is 23.3 Å². The van der Waals surface area contributed by atoms with Gasteiger partial charge < -0.3 is 19.9 Å². The average Bonchev–Trinajstić information content (AvgIpc) is 2.60. The lowest BCUT2D eigenvalue weighted by atomic mass is 10.3. The number of guanidine groups is 1. The summed E-state index contributed by atoms with van der Waals surface area (Å²) >= 11 is 0. The molecule has 0 fully saturated rings. The number of hydrogen-bond donors (Lipinski definition) is 1. The summed E-state index contributed by atoms with van der Waals surface area (Å²) in [7, 11) is 3.46. The number of amides is 1. The Morgan fingerprint density at radius 1 is 1.29 bits per heavy atom. The molecular weight excluding hydrogens is 306 g/mol. The van der Waals surface area contributed by atoms with Crippen molar-refractivity contribution in [1.29, 1.82) is 0 Å². The summed E-state index contributed by atoms with van der Waals surface area (Å²) in [6.07, 6.45) is 1.74. The minimum Gasteiger partial charge on any atom is -0.481 e. The molecule has 0 unspecified atom stereocenters. The number of ether oxygens (including phenoxy) is 1. The van der Waals surface area contributed by atoms with Gasteiger partial charge in [-0.05, 0) is 26.3 Å². The number of aromatic nitrogens is 1. The van der Waals surface area contributed by atoms with Crippen LogP contribution in [-0.2, 0) is 11.3 Å². The Morgan fingerprint density at radius 3 is 2.50 bits per heavy atom. The number of methoxy groups -OCH3 is 1. The highest BCUT2D eigenvalue weighted by atomic mass is 16.5. The van der Waals surface area contributed by atoms with Gasteiger partial charge >= 0.3 is 0 Å². The number of aliphatic imine (C=N–C) groups is 1. The van der Waals surface area contributed by atoms with E-state index in [1.165, 1.54) is 0 Å². The first-order valence-electron chi connectivity index (χ1n) is 8.31. The van der Waals surface area contributed by atoms with Crippen LogP contribution in [0.25, 0.3) is 0 Å². The maximum absolute atomic E-state index is 12.2. The average molecular weight is 335 g/mol. The van der Waals surface area contributed by atoms with E-state index in [0.29, 0.717) is 38.0 Å². The van der Waals surface area contributed by atoms with Crippen molar-refractivity contribution in [1.82, 2.24) is 20.1 Å². The van der Waals surface area contributed by atoms with E-state index in [1.807, 2.05) is 49.8 Å². The normalized spacial score (nSPS) is 11.1. The van der Waals surface area contributed by atoms with Crippen molar-refractivity contribution in [2.24, 2.45) is 4.99 Å². The summed E-state index contributed by atoms with van der Waals surface area (Å²) < 4.78 is 5.05. The van der Waals surface area contributed by atoms with Crippen molar-refractivity contribution in [3.05, 3.63) is 23.9 Å². The number of carbonyl (C=O) groups excluding carboxylic acids is 1. The molecule has 0 saturated carbocycles. The smallest absolute Gasteiger partial charge is 0.242 e. The second-order valence-corrected chi connectivity index (χ2v) is 5.30. The summed E-state index contributed by atoms with van der Waals surface area (Å²) in [6.45, 7) is 8.93. The van der Waals surface area contributed by atoms with Crippen molar-refractivity contribution in [2.75, 3.05) is 40.3 Å². The Balaban J connectivity index is 2.74. The van der Waals surface area contributed by atoms with Crippen LogP contribution in [0.4, 0.5) is 0 Å². The van der Waals surface area contributed by atoms with Crippen LogP contribution >= 0.6 is 0 Å². The van der Waals surface area contributed by atoms with Gasteiger partial charge in [0.1, 0.15) is 0 Å². The molecule has 24 heavy (non-hydrogen) atoms. The van der Waals surface area contributed by atoms with E-state index in [0.717, 1.165) is 12.1 Å². The van der Waals surface area contributed by atoms with Gasteiger partial charge in [-0.15, -0.1) is 0 Å². The number of nitrogens with zero attached hydrogens (tertiary/aromatic N) is 4. The summed E-state index contributed by atoms with van der Waals surface area (Å²) in [6, 6.07) is 3.74. The van der Waals surface area contributed by atoms with Crippen LogP contribution in [-0.4, -0.2) is 67.0 Å². The lowest BCUT2D eigenvalue weighted by Gasteiger charge is -2.25. The Bertz CT molecular complexity index is 526. The van der Waals surface area contributed by atoms with Crippen LogP contribution in [0.1, 0.15) is 26.3 Å². The number of rotatable bonds is 8. The molecule has 0 aromatic carbocycles. The lowest BCUT2D eigenvalue weighted by molar-refractivity contribution is -0.131. The SMILES string of the molecule is CCNC(=NCc1ccc(OC)nc1)N(C)CC(=O)N(CC)CC. The van der Waals surface area contributed by atoms with E-state index < -0.39 is 0 Å². The van der Waals surface area contributed by atoms with Crippen molar-refractivity contribution in [3.63, 3.8) is 0 Å². The van der Waals surface area contributed by atoms with Gasteiger partial charge in [0, 0.05) is 38.9 Å². The molecule has 0 radical (unpaired) electrons. The highest BCUT2D eigenvalue weighted by Crippen LogP contribution is 2.07. The number of nitrogens with one attached hydrogen (secondary N) is 1. The van der Waals surface area contributed by atoms with Gasteiger partial charge in [0.2, 0.25) is 11.8 Å². The van der Waals surface area contributed by atoms with Gasteiger partial charge in [-0.2, -0.15) is 0 Å². The van der Waals surface area contributed by atoms with Crippen LogP contribution in [0.3, 0.4) is 0 Å². The maximum atomic E-state index is 12.2. The third kappa shape index (κ3) is 6.06. The molecule has 0 saturated heterocycles. The fourth-order valence-electron chi connectivity index (χ4n) is 2.22. The molecule has 7 nitrogen and oxygen atoms in total. The topological polar surface area (TPSA) is 70.1 Å². The number of hydrogen-bond acceptors (Lipinski definition) is 4. The van der Waals surface area contributed by atoms with Crippen molar-refractivity contribution in [2.45, 2.75) is 27.3 Å². The zero-order valence-corrected chi connectivity index (χ0v) is 15.4. The third-order valence-corrected chi connectivity index (χ3v) is 3.60. The molecule has 0 spiro atoms. The first-order valence-corrected chi connectivity index (χ1v) is 8.31. The predicted octanol–water partition coefficient (Wildman–Crippen LogP) is 1.36. The highest BCUT2D eigenvalue weighted by Gasteiger charge is 2.14. The Kier molecular flexibility index (Phi) is 8.60. The molecule has 1 heterocycles. The van der Waals surface area contributed by atoms with Crippen LogP contribution in [0.2, 0.25) is 0 Å². The van der Waals surface area contributed by atoms with Crippen LogP contribution in [0, 0.1) is 0 Å². The fraction of sp³-hybridized carbons (Fsp3) is 0.588. The fourth-order valence-corrected chi connectivity index (χ4v) is 2.22. The Labute approximate surface area is 144 Å². The Hall–Kier alpha value is -2.31. The number of likely N-dealkylation sites (N-methyl/N-ethyl adjacent to an activating group) is 2. The van der Waals surface area contributed by atoms with E-state index in [-0.39, 0.29) is 5.91 Å². The minimum atomic E-state index is 0.0965. The zero-order valence-electron chi connectivity index (χ0n) is 15.4. The first kappa shape index (κ1) is 19.7. The van der Waals surface area contributed by atoms with E-state index in [4.69, 9.17) is 4.74 Å². The molecule has 1 amide bonds. The predicted molar refractivity (Wildman–Crippen MR) is 96.2 cm³/mol. The van der Waals surface area contributed by atoms with Gasteiger partial charge in [-0.25, -0.2) is 9.98 Å². The molecule has 1 aromatic heterocycles. The van der Waals surface area contributed by atoms with Gasteiger partial charge in [0.05, 0.1) is 20.2 Å². The second-order valence-electron chi connectivity index (χ2n) is 5.30. The summed E-state index contributed by atoms with van der Waals surface area (Å²) in [4.78, 5) is 24.7. The first-order chi connectivity index (χ1) is 11.5. The molecule has 0 bridgehead atoms. The molecule has 0 aliphatic carbocycles. The monoisotopic (exact) mass is 335 g/mol. The third-order valence-electron chi connectivity index (χ3n) is 3.60. The zero-order chi connectivity index (χ0) is 17.9. The Morgan fingerprint density at radius 2 is 2.00 bits per heavy atom. The van der Waals surface area contributed by atoms with Crippen molar-refractivity contribution in [3.8, 4) is 5.88 Å². The molecule has 0 aliphatic rings. The number of carbonyl (C=O) groups is 1. The van der Waals surface area contributed by atoms with E-state index in [9.17, 15) is 4.79 Å². The maximum Gasteiger partial charge on any atom is 0.242 e. The van der Waals surface area contributed by atoms with Crippen LogP contribution < -0.4 is 10.1 Å². The second kappa shape index (κ2) is 10.5. The molecule has 0 atom stereocenters. The van der Waals surface area contributed by atoms with E-state index in [2.05, 4.69) is 15.3 Å². The molecule has 1 aromatic rings. The largest absolute Gasteiger partial charge is 0.481 e. The van der Waals surface area contributed by atoms with Gasteiger partial charge in [-0.3, -0.25) is 4.79 Å². The van der Waals surface area contributed by atoms with E-state index in [1.54, 1.807) is 13.3 Å². The molecule has 0 aliphatic heterocycles. The lowest BCUT2D eigenvalue weighted by Crippen LogP contribution is -2.45. The van der Waals surface area contributed by atoms with Crippen LogP contribution in [0.5, 0.6) is 5.88 Å². The summed E-state index contributed by atoms with van der Waals surface area (Å²) in [5, 5.41) is 3.22. The van der Waals surface area contributed by atoms with Gasteiger partial charge in [0.15, 0.2) is 5.96 Å². The van der Waals surface area contributed by atoms with Gasteiger partial charge in [0.25, 0.3) is 0 Å². The summed E-state index contributed by atoms with van der Waals surface area (Å²) in [5.41, 5.74) is 0.981. The van der Waals surface area contributed by atoms with Crippen molar-refractivity contribution >= 4 is 11.9 Å².